The molecule has 0 aliphatic carbocycles. The summed E-state index contributed by atoms with van der Waals surface area (Å²) in [6.07, 6.45) is 0.293. The van der Waals surface area contributed by atoms with E-state index in [1.807, 2.05) is 24.3 Å². The summed E-state index contributed by atoms with van der Waals surface area (Å²) in [6, 6.07) is 6.36. The number of carboxylic acids is 1. The molecule has 18 heavy (non-hydrogen) atoms. The van der Waals surface area contributed by atoms with Gasteiger partial charge < -0.3 is 15.4 Å². The third-order valence-electron chi connectivity index (χ3n) is 2.51. The van der Waals surface area contributed by atoms with Crippen LogP contribution in [0.1, 0.15) is 11.5 Å². The molecule has 0 spiro atoms. The Morgan fingerprint density at radius 3 is 2.61 bits per heavy atom. The third kappa shape index (κ3) is 2.72. The molecule has 0 fully saturated rings. The van der Waals surface area contributed by atoms with E-state index < -0.39 is 12.0 Å². The minimum atomic E-state index is -1.01. The molecule has 0 aliphatic rings. The molecular weight excluding hydrogens is 234 g/mol. The van der Waals surface area contributed by atoms with E-state index in [1.54, 1.807) is 6.92 Å². The minimum Gasteiger partial charge on any atom is -0.480 e. The third-order valence-corrected chi connectivity index (χ3v) is 2.51. The first-order valence-electron chi connectivity index (χ1n) is 5.44. The molecule has 6 nitrogen and oxygen atoms in total. The van der Waals surface area contributed by atoms with Crippen molar-refractivity contribution in [1.82, 2.24) is 10.1 Å². The van der Waals surface area contributed by atoms with Crippen molar-refractivity contribution in [1.29, 1.82) is 0 Å². The Bertz CT molecular complexity index is 548. The zero-order valence-corrected chi connectivity index (χ0v) is 9.83. The Hall–Kier alpha value is -2.21. The van der Waals surface area contributed by atoms with Gasteiger partial charge in [-0.1, -0.05) is 29.4 Å². The maximum atomic E-state index is 10.6. The van der Waals surface area contributed by atoms with Crippen LogP contribution in [0.3, 0.4) is 0 Å². The second kappa shape index (κ2) is 4.97. The maximum Gasteiger partial charge on any atom is 0.320 e. The van der Waals surface area contributed by atoms with Gasteiger partial charge in [0.2, 0.25) is 11.7 Å². The van der Waals surface area contributed by atoms with Crippen LogP contribution in [-0.4, -0.2) is 27.3 Å². The highest BCUT2D eigenvalue weighted by Crippen LogP contribution is 2.16. The van der Waals surface area contributed by atoms with Crippen LogP contribution >= 0.6 is 0 Å². The van der Waals surface area contributed by atoms with Gasteiger partial charge in [-0.2, -0.15) is 4.98 Å². The Kier molecular flexibility index (Phi) is 3.38. The van der Waals surface area contributed by atoms with Gasteiger partial charge in [0.1, 0.15) is 6.04 Å². The molecule has 1 atom stereocenters. The lowest BCUT2D eigenvalue weighted by atomic mass is 10.0. The van der Waals surface area contributed by atoms with Crippen molar-refractivity contribution in [2.24, 2.45) is 5.73 Å². The molecule has 0 bridgehead atoms. The summed E-state index contributed by atoms with van der Waals surface area (Å²) in [7, 11) is 0. The molecule has 0 saturated carbocycles. The average molecular weight is 247 g/mol. The van der Waals surface area contributed by atoms with E-state index in [4.69, 9.17) is 15.4 Å². The molecule has 1 aromatic carbocycles. The fourth-order valence-corrected chi connectivity index (χ4v) is 1.55. The summed E-state index contributed by atoms with van der Waals surface area (Å²) in [6.45, 7) is 1.72. The van der Waals surface area contributed by atoms with Crippen LogP contribution in [-0.2, 0) is 11.2 Å². The van der Waals surface area contributed by atoms with E-state index in [0.29, 0.717) is 18.1 Å². The Morgan fingerprint density at radius 2 is 2.11 bits per heavy atom. The van der Waals surface area contributed by atoms with E-state index >= 15 is 0 Å². The second-order valence-electron chi connectivity index (χ2n) is 3.98. The van der Waals surface area contributed by atoms with Gasteiger partial charge in [-0.15, -0.1) is 0 Å². The van der Waals surface area contributed by atoms with Gasteiger partial charge in [0.25, 0.3) is 0 Å². The number of rotatable bonds is 4. The quantitative estimate of drug-likeness (QED) is 0.835. The number of aromatic nitrogens is 2. The fourth-order valence-electron chi connectivity index (χ4n) is 1.55. The molecule has 0 aliphatic heterocycles. The molecule has 3 N–H and O–H groups in total. The van der Waals surface area contributed by atoms with Crippen LogP contribution in [0.4, 0.5) is 0 Å². The average Bonchev–Trinajstić information content (AvgIpc) is 2.76. The molecule has 94 valence electrons. The minimum absolute atomic E-state index is 0.293. The summed E-state index contributed by atoms with van der Waals surface area (Å²) in [4.78, 5) is 14.7. The van der Waals surface area contributed by atoms with E-state index in [1.165, 1.54) is 0 Å². The summed E-state index contributed by atoms with van der Waals surface area (Å²) >= 11 is 0. The van der Waals surface area contributed by atoms with Gasteiger partial charge in [0.15, 0.2) is 0 Å². The number of aliphatic carboxylic acids is 1. The lowest BCUT2D eigenvalue weighted by Gasteiger charge is -2.06. The zero-order valence-electron chi connectivity index (χ0n) is 9.83. The van der Waals surface area contributed by atoms with Crippen molar-refractivity contribution in [2.45, 2.75) is 19.4 Å². The van der Waals surface area contributed by atoms with Crippen LogP contribution in [0.25, 0.3) is 11.4 Å². The highest BCUT2D eigenvalue weighted by Gasteiger charge is 2.12. The topological polar surface area (TPSA) is 102 Å². The molecular formula is C12H13N3O3. The van der Waals surface area contributed by atoms with Gasteiger partial charge >= 0.3 is 5.97 Å². The highest BCUT2D eigenvalue weighted by molar-refractivity contribution is 5.73. The summed E-state index contributed by atoms with van der Waals surface area (Å²) in [5, 5.41) is 12.5. The van der Waals surface area contributed by atoms with Crippen molar-refractivity contribution in [3.05, 3.63) is 35.7 Å². The molecule has 1 heterocycles. The Morgan fingerprint density at radius 1 is 1.44 bits per heavy atom. The van der Waals surface area contributed by atoms with Gasteiger partial charge in [-0.05, 0) is 12.0 Å². The van der Waals surface area contributed by atoms with Gasteiger partial charge in [0, 0.05) is 12.5 Å². The van der Waals surface area contributed by atoms with Crippen LogP contribution in [0, 0.1) is 6.92 Å². The lowest BCUT2D eigenvalue weighted by Crippen LogP contribution is -2.32. The van der Waals surface area contributed by atoms with Crippen molar-refractivity contribution in [3.63, 3.8) is 0 Å². The summed E-state index contributed by atoms with van der Waals surface area (Å²) < 4.78 is 4.89. The van der Waals surface area contributed by atoms with Crippen molar-refractivity contribution in [3.8, 4) is 11.4 Å². The number of aryl methyl sites for hydroxylation is 1. The normalized spacial score (nSPS) is 12.3. The number of hydrogen-bond acceptors (Lipinski definition) is 5. The molecule has 0 radical (unpaired) electrons. The second-order valence-corrected chi connectivity index (χ2v) is 3.98. The maximum absolute atomic E-state index is 10.6. The van der Waals surface area contributed by atoms with E-state index in [2.05, 4.69) is 10.1 Å². The zero-order chi connectivity index (χ0) is 13.1. The first-order chi connectivity index (χ1) is 8.56. The lowest BCUT2D eigenvalue weighted by molar-refractivity contribution is -0.138. The SMILES string of the molecule is Cc1nc(-c2ccc(C[C@H](N)C(=O)O)cc2)no1. The smallest absolute Gasteiger partial charge is 0.320 e. The Labute approximate surface area is 103 Å². The molecule has 2 aromatic rings. The van der Waals surface area contributed by atoms with Crippen LogP contribution in [0.15, 0.2) is 28.8 Å². The predicted molar refractivity (Wildman–Crippen MR) is 63.8 cm³/mol. The summed E-state index contributed by atoms with van der Waals surface area (Å²) in [5.74, 6) is 0.0106. The molecule has 2 rings (SSSR count). The molecule has 6 heteroatoms. The van der Waals surface area contributed by atoms with Gasteiger partial charge in [-0.3, -0.25) is 4.79 Å². The van der Waals surface area contributed by atoms with Crippen LogP contribution in [0.5, 0.6) is 0 Å². The van der Waals surface area contributed by atoms with E-state index in [0.717, 1.165) is 11.1 Å². The number of benzene rings is 1. The first-order valence-corrected chi connectivity index (χ1v) is 5.44. The standard InChI is InChI=1S/C12H13N3O3/c1-7-14-11(15-18-7)9-4-2-8(3-5-9)6-10(13)12(16)17/h2-5,10H,6,13H2,1H3,(H,16,17)/t10-/m0/s1. The molecule has 0 amide bonds. The predicted octanol–water partition coefficient (Wildman–Crippen LogP) is 0.999. The Balaban J connectivity index is 2.13. The van der Waals surface area contributed by atoms with E-state index in [9.17, 15) is 4.79 Å². The largest absolute Gasteiger partial charge is 0.480 e. The number of nitrogens with two attached hydrogens (primary N) is 1. The van der Waals surface area contributed by atoms with E-state index in [-0.39, 0.29) is 0 Å². The molecule has 0 saturated heterocycles. The summed E-state index contributed by atoms with van der Waals surface area (Å²) in [5.41, 5.74) is 7.14. The number of nitrogens with zero attached hydrogens (tertiary/aromatic N) is 2. The number of carbonyl (C=O) groups is 1. The number of carboxylic acid groups (broad SMARTS) is 1. The van der Waals surface area contributed by atoms with Crippen molar-refractivity contribution >= 4 is 5.97 Å². The van der Waals surface area contributed by atoms with Gasteiger partial charge in [0.05, 0.1) is 0 Å². The number of hydrogen-bond donors (Lipinski definition) is 2. The van der Waals surface area contributed by atoms with Crippen molar-refractivity contribution in [2.75, 3.05) is 0 Å². The molecule has 0 unspecified atom stereocenters. The monoisotopic (exact) mass is 247 g/mol. The van der Waals surface area contributed by atoms with Gasteiger partial charge in [-0.25, -0.2) is 0 Å². The molecule has 1 aromatic heterocycles. The first kappa shape index (κ1) is 12.3. The van der Waals surface area contributed by atoms with Crippen molar-refractivity contribution < 1.29 is 14.4 Å². The van der Waals surface area contributed by atoms with Crippen LogP contribution < -0.4 is 5.73 Å². The fraction of sp³-hybridized carbons (Fsp3) is 0.250. The van der Waals surface area contributed by atoms with Crippen LogP contribution in [0.2, 0.25) is 0 Å². The highest BCUT2D eigenvalue weighted by atomic mass is 16.5.